The van der Waals surface area contributed by atoms with Crippen molar-refractivity contribution in [3.63, 3.8) is 0 Å². The summed E-state index contributed by atoms with van der Waals surface area (Å²) in [4.78, 5) is 8.06. The second kappa shape index (κ2) is 5.61. The van der Waals surface area contributed by atoms with Gasteiger partial charge in [0.15, 0.2) is 0 Å². The maximum absolute atomic E-state index is 13.3. The summed E-state index contributed by atoms with van der Waals surface area (Å²) in [5.41, 5.74) is 1.12. The van der Waals surface area contributed by atoms with E-state index in [0.717, 1.165) is 0 Å². The highest BCUT2D eigenvalue weighted by molar-refractivity contribution is 5.81. The predicted molar refractivity (Wildman–Crippen MR) is 89.3 cm³/mol. The highest BCUT2D eigenvalue weighted by atomic mass is 19.4. The number of halogens is 3. The van der Waals surface area contributed by atoms with Crippen LogP contribution in [0.2, 0.25) is 0 Å². The van der Waals surface area contributed by atoms with E-state index in [0.29, 0.717) is 22.7 Å². The number of fused-ring (bicyclic) bond motifs is 1. The Labute approximate surface area is 143 Å². The van der Waals surface area contributed by atoms with Crippen LogP contribution in [0.1, 0.15) is 52.2 Å². The Kier molecular flexibility index (Phi) is 3.93. The summed E-state index contributed by atoms with van der Waals surface area (Å²) in [6.07, 6.45) is -2.86. The minimum Gasteiger partial charge on any atom is -0.441 e. The molecule has 0 amide bonds. The number of oxazole rings is 1. The summed E-state index contributed by atoms with van der Waals surface area (Å²) in [6.45, 7) is 9.41. The van der Waals surface area contributed by atoms with Gasteiger partial charge in [0.25, 0.3) is 0 Å². The smallest absolute Gasteiger partial charge is 0.441 e. The van der Waals surface area contributed by atoms with Gasteiger partial charge in [-0.05, 0) is 32.0 Å². The number of hydrogen-bond acceptors (Lipinski definition) is 3. The lowest BCUT2D eigenvalue weighted by molar-refractivity contribution is -0.147. The van der Waals surface area contributed by atoms with Crippen molar-refractivity contribution in [2.75, 3.05) is 0 Å². The fraction of sp³-hybridized carbons (Fsp3) is 0.444. The number of rotatable bonds is 2. The van der Waals surface area contributed by atoms with E-state index in [-0.39, 0.29) is 17.0 Å². The summed E-state index contributed by atoms with van der Waals surface area (Å²) in [5.74, 6) is 0.197. The summed E-state index contributed by atoms with van der Waals surface area (Å²) in [5, 5.41) is 0. The number of imidazole rings is 1. The van der Waals surface area contributed by atoms with E-state index in [2.05, 4.69) is 9.97 Å². The molecule has 2 heterocycles. The molecule has 3 aromatic rings. The summed E-state index contributed by atoms with van der Waals surface area (Å²) < 4.78 is 46.8. The molecule has 0 atom stereocenters. The highest BCUT2D eigenvalue weighted by Gasteiger charge is 2.38. The second-order valence-electron chi connectivity index (χ2n) is 7.38. The summed E-state index contributed by atoms with van der Waals surface area (Å²) in [6, 6.07) is 4.57. The number of nitrogens with zero attached hydrogens (tertiary/aromatic N) is 3. The molecule has 3 rings (SSSR count). The standard InChI is InChI=1S/C18H20F3N3O/c1-10(2)24-13-7-6-11(8-12(13)23-16(24)18(19,20)21)15-22-9-14(25-15)17(3,4)5/h6-10H,1-5H3. The van der Waals surface area contributed by atoms with Gasteiger partial charge in [-0.1, -0.05) is 20.8 Å². The third kappa shape index (κ3) is 3.15. The molecule has 0 aliphatic rings. The van der Waals surface area contributed by atoms with Gasteiger partial charge in [0.1, 0.15) is 5.76 Å². The van der Waals surface area contributed by atoms with Gasteiger partial charge in [-0.15, -0.1) is 0 Å². The Hall–Kier alpha value is -2.31. The minimum atomic E-state index is -4.51. The van der Waals surface area contributed by atoms with Gasteiger partial charge in [-0.2, -0.15) is 13.2 Å². The Balaban J connectivity index is 2.14. The van der Waals surface area contributed by atoms with Crippen LogP contribution >= 0.6 is 0 Å². The second-order valence-corrected chi connectivity index (χ2v) is 7.38. The molecule has 0 aliphatic carbocycles. The van der Waals surface area contributed by atoms with Crippen LogP contribution in [-0.4, -0.2) is 14.5 Å². The molecule has 2 aromatic heterocycles. The third-order valence-electron chi connectivity index (χ3n) is 3.95. The first-order valence-corrected chi connectivity index (χ1v) is 8.04. The Morgan fingerprint density at radius 3 is 2.32 bits per heavy atom. The zero-order chi connectivity index (χ0) is 18.6. The molecule has 0 unspecified atom stereocenters. The van der Waals surface area contributed by atoms with Crippen LogP contribution < -0.4 is 0 Å². The van der Waals surface area contributed by atoms with Gasteiger partial charge in [0.05, 0.1) is 17.2 Å². The molecular weight excluding hydrogens is 331 g/mol. The summed E-state index contributed by atoms with van der Waals surface area (Å²) >= 11 is 0. The SMILES string of the molecule is CC(C)n1c(C(F)(F)F)nc2cc(-c3ncc(C(C)(C)C)o3)ccc21. The molecule has 7 heteroatoms. The predicted octanol–water partition coefficient (Wildman–Crippen LogP) is 5.59. The fourth-order valence-corrected chi connectivity index (χ4v) is 2.71. The molecule has 0 saturated carbocycles. The molecule has 4 nitrogen and oxygen atoms in total. The zero-order valence-corrected chi connectivity index (χ0v) is 14.8. The van der Waals surface area contributed by atoms with Crippen LogP contribution in [0.5, 0.6) is 0 Å². The van der Waals surface area contributed by atoms with Crippen molar-refractivity contribution in [1.29, 1.82) is 0 Å². The highest BCUT2D eigenvalue weighted by Crippen LogP contribution is 2.35. The lowest BCUT2D eigenvalue weighted by Crippen LogP contribution is -2.16. The average molecular weight is 351 g/mol. The van der Waals surface area contributed by atoms with Gasteiger partial charge in [-0.25, -0.2) is 9.97 Å². The lowest BCUT2D eigenvalue weighted by Gasteiger charge is -2.14. The molecule has 0 N–H and O–H groups in total. The molecule has 1 aromatic carbocycles. The Bertz CT molecular complexity index is 914. The molecule has 134 valence electrons. The van der Waals surface area contributed by atoms with E-state index in [9.17, 15) is 13.2 Å². The third-order valence-corrected chi connectivity index (χ3v) is 3.95. The van der Waals surface area contributed by atoms with Crippen molar-refractivity contribution in [3.8, 4) is 11.5 Å². The molecular formula is C18H20F3N3O. The fourth-order valence-electron chi connectivity index (χ4n) is 2.71. The number of hydrogen-bond donors (Lipinski definition) is 0. The molecule has 0 fully saturated rings. The van der Waals surface area contributed by atoms with Crippen LogP contribution in [0.15, 0.2) is 28.8 Å². The van der Waals surface area contributed by atoms with Crippen molar-refractivity contribution in [2.45, 2.75) is 52.3 Å². The van der Waals surface area contributed by atoms with E-state index in [4.69, 9.17) is 4.42 Å². The van der Waals surface area contributed by atoms with Gasteiger partial charge < -0.3 is 8.98 Å². The monoisotopic (exact) mass is 351 g/mol. The molecule has 0 aliphatic heterocycles. The average Bonchev–Trinajstić information content (AvgIpc) is 3.10. The largest absolute Gasteiger partial charge is 0.449 e. The number of benzene rings is 1. The maximum atomic E-state index is 13.3. The van der Waals surface area contributed by atoms with E-state index in [1.807, 2.05) is 20.8 Å². The number of aromatic nitrogens is 3. The molecule has 0 radical (unpaired) electrons. The normalized spacial score (nSPS) is 13.2. The lowest BCUT2D eigenvalue weighted by atomic mass is 9.94. The first-order chi connectivity index (χ1) is 11.5. The van der Waals surface area contributed by atoms with E-state index in [1.54, 1.807) is 38.2 Å². The zero-order valence-electron chi connectivity index (χ0n) is 14.8. The summed E-state index contributed by atoms with van der Waals surface area (Å²) in [7, 11) is 0. The Morgan fingerprint density at radius 1 is 1.12 bits per heavy atom. The van der Waals surface area contributed by atoms with Crippen LogP contribution in [0.25, 0.3) is 22.5 Å². The maximum Gasteiger partial charge on any atom is 0.449 e. The van der Waals surface area contributed by atoms with E-state index in [1.165, 1.54) is 4.57 Å². The van der Waals surface area contributed by atoms with Crippen molar-refractivity contribution < 1.29 is 17.6 Å². The van der Waals surface area contributed by atoms with E-state index < -0.39 is 12.0 Å². The molecule has 0 spiro atoms. The van der Waals surface area contributed by atoms with Crippen LogP contribution in [-0.2, 0) is 11.6 Å². The number of alkyl halides is 3. The Morgan fingerprint density at radius 2 is 1.80 bits per heavy atom. The van der Waals surface area contributed by atoms with Crippen LogP contribution in [0, 0.1) is 0 Å². The molecule has 25 heavy (non-hydrogen) atoms. The minimum absolute atomic E-state index is 0.196. The first-order valence-electron chi connectivity index (χ1n) is 8.04. The van der Waals surface area contributed by atoms with Gasteiger partial charge in [0, 0.05) is 17.0 Å². The van der Waals surface area contributed by atoms with Crippen molar-refractivity contribution in [3.05, 3.63) is 36.0 Å². The first kappa shape index (κ1) is 17.5. The molecule has 0 saturated heterocycles. The van der Waals surface area contributed by atoms with E-state index >= 15 is 0 Å². The van der Waals surface area contributed by atoms with Gasteiger partial charge in [0.2, 0.25) is 11.7 Å². The van der Waals surface area contributed by atoms with Crippen LogP contribution in [0.3, 0.4) is 0 Å². The topological polar surface area (TPSA) is 43.9 Å². The quantitative estimate of drug-likeness (QED) is 0.604. The van der Waals surface area contributed by atoms with Crippen molar-refractivity contribution in [2.24, 2.45) is 0 Å². The van der Waals surface area contributed by atoms with Crippen molar-refractivity contribution >= 4 is 11.0 Å². The molecule has 0 bridgehead atoms. The van der Waals surface area contributed by atoms with Crippen molar-refractivity contribution in [1.82, 2.24) is 14.5 Å². The van der Waals surface area contributed by atoms with Gasteiger partial charge >= 0.3 is 6.18 Å². The van der Waals surface area contributed by atoms with Crippen LogP contribution in [0.4, 0.5) is 13.2 Å². The van der Waals surface area contributed by atoms with Gasteiger partial charge in [-0.3, -0.25) is 0 Å².